The summed E-state index contributed by atoms with van der Waals surface area (Å²) in [4.78, 5) is 25.9. The largest absolute Gasteiger partial charge is 0.353 e. The van der Waals surface area contributed by atoms with E-state index in [1.165, 1.54) is 24.3 Å². The predicted octanol–water partition coefficient (Wildman–Crippen LogP) is 1.65. The lowest BCUT2D eigenvalue weighted by molar-refractivity contribution is -0.135. The first-order valence-corrected chi connectivity index (χ1v) is 9.02. The third-order valence-electron chi connectivity index (χ3n) is 4.98. The van der Waals surface area contributed by atoms with Gasteiger partial charge in [-0.15, -0.1) is 0 Å². The zero-order chi connectivity index (χ0) is 13.9. The molecule has 2 unspecified atom stereocenters. The minimum atomic E-state index is 0.186. The maximum absolute atomic E-state index is 12.4. The van der Waals surface area contributed by atoms with Gasteiger partial charge in [-0.05, 0) is 49.0 Å². The molecule has 3 aliphatic rings. The van der Waals surface area contributed by atoms with Crippen molar-refractivity contribution in [3.05, 3.63) is 0 Å². The van der Waals surface area contributed by atoms with Crippen molar-refractivity contribution in [1.82, 2.24) is 10.2 Å². The minimum absolute atomic E-state index is 0.186. The highest BCUT2D eigenvalue weighted by Gasteiger charge is 2.35. The van der Waals surface area contributed by atoms with Crippen molar-refractivity contribution in [3.8, 4) is 0 Å². The topological polar surface area (TPSA) is 49.4 Å². The number of hydrogen-bond acceptors (Lipinski definition) is 3. The van der Waals surface area contributed by atoms with Gasteiger partial charge in [-0.3, -0.25) is 9.59 Å². The van der Waals surface area contributed by atoms with Gasteiger partial charge in [-0.25, -0.2) is 0 Å². The molecule has 0 aromatic rings. The van der Waals surface area contributed by atoms with Gasteiger partial charge in [0.05, 0.1) is 0 Å². The lowest BCUT2D eigenvalue weighted by atomic mass is 9.85. The van der Waals surface area contributed by atoms with Crippen LogP contribution in [-0.2, 0) is 9.59 Å². The van der Waals surface area contributed by atoms with E-state index < -0.39 is 0 Å². The SMILES string of the molecule is O=C1CCC2CN(C(=O)CC3CCSCC3)CCC2N1. The summed E-state index contributed by atoms with van der Waals surface area (Å²) in [6.07, 6.45) is 5.65. The number of amides is 2. The van der Waals surface area contributed by atoms with Crippen LogP contribution in [0, 0.1) is 11.8 Å². The minimum Gasteiger partial charge on any atom is -0.353 e. The average molecular weight is 296 g/mol. The summed E-state index contributed by atoms with van der Waals surface area (Å²) >= 11 is 2.01. The molecule has 0 radical (unpaired) electrons. The van der Waals surface area contributed by atoms with Gasteiger partial charge < -0.3 is 10.2 Å². The van der Waals surface area contributed by atoms with Crippen LogP contribution in [0.1, 0.15) is 38.5 Å². The molecule has 0 aliphatic carbocycles. The Balaban J connectivity index is 1.50. The molecule has 0 aromatic heterocycles. The zero-order valence-corrected chi connectivity index (χ0v) is 12.8. The molecule has 0 bridgehead atoms. The van der Waals surface area contributed by atoms with Crippen molar-refractivity contribution in [1.29, 1.82) is 0 Å². The Hall–Kier alpha value is -0.710. The Kier molecular flexibility index (Phi) is 4.54. The molecule has 3 heterocycles. The van der Waals surface area contributed by atoms with Crippen molar-refractivity contribution >= 4 is 23.6 Å². The lowest BCUT2D eigenvalue weighted by Crippen LogP contribution is -2.55. The number of thioether (sulfide) groups is 1. The number of carbonyl (C=O) groups excluding carboxylic acids is 2. The van der Waals surface area contributed by atoms with E-state index in [4.69, 9.17) is 0 Å². The lowest BCUT2D eigenvalue weighted by Gasteiger charge is -2.41. The number of nitrogens with one attached hydrogen (secondary N) is 1. The van der Waals surface area contributed by atoms with Gasteiger partial charge in [-0.1, -0.05) is 0 Å². The number of rotatable bonds is 2. The maximum Gasteiger partial charge on any atom is 0.222 e. The van der Waals surface area contributed by atoms with Gasteiger partial charge in [0.15, 0.2) is 0 Å². The predicted molar refractivity (Wildman–Crippen MR) is 80.5 cm³/mol. The average Bonchev–Trinajstić information content (AvgIpc) is 2.47. The second-order valence-corrected chi connectivity index (χ2v) is 7.59. The number of likely N-dealkylation sites (tertiary alicyclic amines) is 1. The summed E-state index contributed by atoms with van der Waals surface area (Å²) in [5.41, 5.74) is 0. The highest BCUT2D eigenvalue weighted by molar-refractivity contribution is 7.99. The van der Waals surface area contributed by atoms with Crippen LogP contribution in [-0.4, -0.2) is 47.4 Å². The smallest absolute Gasteiger partial charge is 0.222 e. The van der Waals surface area contributed by atoms with E-state index in [2.05, 4.69) is 10.2 Å². The molecular formula is C15H24N2O2S. The molecule has 3 aliphatic heterocycles. The van der Waals surface area contributed by atoms with Crippen LogP contribution in [0.15, 0.2) is 0 Å². The fourth-order valence-corrected chi connectivity index (χ4v) is 4.87. The molecule has 4 nitrogen and oxygen atoms in total. The second-order valence-electron chi connectivity index (χ2n) is 6.36. The second kappa shape index (κ2) is 6.37. The number of fused-ring (bicyclic) bond motifs is 1. The van der Waals surface area contributed by atoms with Crippen molar-refractivity contribution < 1.29 is 9.59 Å². The maximum atomic E-state index is 12.4. The Morgan fingerprint density at radius 3 is 2.85 bits per heavy atom. The van der Waals surface area contributed by atoms with E-state index in [0.717, 1.165) is 32.4 Å². The summed E-state index contributed by atoms with van der Waals surface area (Å²) in [5, 5.41) is 3.08. The van der Waals surface area contributed by atoms with Gasteiger partial charge in [0.25, 0.3) is 0 Å². The summed E-state index contributed by atoms with van der Waals surface area (Å²) in [6.45, 7) is 1.67. The van der Waals surface area contributed by atoms with E-state index >= 15 is 0 Å². The Bertz CT molecular complexity index is 382. The van der Waals surface area contributed by atoms with Gasteiger partial charge in [0.1, 0.15) is 0 Å². The quantitative estimate of drug-likeness (QED) is 0.843. The van der Waals surface area contributed by atoms with Crippen molar-refractivity contribution in [3.63, 3.8) is 0 Å². The van der Waals surface area contributed by atoms with Crippen molar-refractivity contribution in [2.45, 2.75) is 44.6 Å². The van der Waals surface area contributed by atoms with E-state index in [-0.39, 0.29) is 5.91 Å². The third kappa shape index (κ3) is 3.30. The van der Waals surface area contributed by atoms with Crippen LogP contribution >= 0.6 is 11.8 Å². The molecule has 2 amide bonds. The summed E-state index contributed by atoms with van der Waals surface area (Å²) in [5.74, 6) is 4.05. The van der Waals surface area contributed by atoms with E-state index in [9.17, 15) is 9.59 Å². The highest BCUT2D eigenvalue weighted by atomic mass is 32.2. The molecule has 0 aromatic carbocycles. The molecule has 3 rings (SSSR count). The molecular weight excluding hydrogens is 272 g/mol. The first-order chi connectivity index (χ1) is 9.72. The zero-order valence-electron chi connectivity index (χ0n) is 12.0. The molecule has 0 saturated carbocycles. The number of piperidine rings is 2. The van der Waals surface area contributed by atoms with E-state index in [1.807, 2.05) is 11.8 Å². The fourth-order valence-electron chi connectivity index (χ4n) is 3.66. The highest BCUT2D eigenvalue weighted by Crippen LogP contribution is 2.29. The number of hydrogen-bond donors (Lipinski definition) is 1. The van der Waals surface area contributed by atoms with Crippen LogP contribution in [0.25, 0.3) is 0 Å². The fraction of sp³-hybridized carbons (Fsp3) is 0.867. The Morgan fingerprint density at radius 2 is 2.05 bits per heavy atom. The number of carbonyl (C=O) groups is 2. The van der Waals surface area contributed by atoms with Gasteiger partial charge in [-0.2, -0.15) is 11.8 Å². The summed E-state index contributed by atoms with van der Waals surface area (Å²) in [6, 6.07) is 0.311. The molecule has 2 atom stereocenters. The summed E-state index contributed by atoms with van der Waals surface area (Å²) < 4.78 is 0. The van der Waals surface area contributed by atoms with Gasteiger partial charge >= 0.3 is 0 Å². The molecule has 3 fully saturated rings. The van der Waals surface area contributed by atoms with Gasteiger partial charge in [0, 0.05) is 32.0 Å². The summed E-state index contributed by atoms with van der Waals surface area (Å²) in [7, 11) is 0. The molecule has 5 heteroatoms. The monoisotopic (exact) mass is 296 g/mol. The normalized spacial score (nSPS) is 31.6. The molecule has 112 valence electrons. The first-order valence-electron chi connectivity index (χ1n) is 7.87. The molecule has 3 saturated heterocycles. The van der Waals surface area contributed by atoms with Crippen LogP contribution < -0.4 is 5.32 Å². The molecule has 1 N–H and O–H groups in total. The van der Waals surface area contributed by atoms with E-state index in [1.54, 1.807) is 0 Å². The first kappa shape index (κ1) is 14.2. The van der Waals surface area contributed by atoms with Crippen LogP contribution in [0.2, 0.25) is 0 Å². The van der Waals surface area contributed by atoms with Crippen LogP contribution in [0.4, 0.5) is 0 Å². The standard InChI is InChI=1S/C15H24N2O2S/c18-14-2-1-12-10-17(6-3-13(12)16-14)15(19)9-11-4-7-20-8-5-11/h11-13H,1-10H2,(H,16,18). The van der Waals surface area contributed by atoms with Crippen LogP contribution in [0.5, 0.6) is 0 Å². The van der Waals surface area contributed by atoms with E-state index in [0.29, 0.717) is 30.2 Å². The molecule has 0 spiro atoms. The Labute approximate surface area is 125 Å². The Morgan fingerprint density at radius 1 is 1.25 bits per heavy atom. The number of nitrogens with zero attached hydrogens (tertiary/aromatic N) is 1. The third-order valence-corrected chi connectivity index (χ3v) is 6.03. The van der Waals surface area contributed by atoms with Crippen LogP contribution in [0.3, 0.4) is 0 Å². The molecule has 20 heavy (non-hydrogen) atoms. The van der Waals surface area contributed by atoms with Crippen molar-refractivity contribution in [2.24, 2.45) is 11.8 Å². The van der Waals surface area contributed by atoms with Gasteiger partial charge in [0.2, 0.25) is 11.8 Å². The van der Waals surface area contributed by atoms with Crippen molar-refractivity contribution in [2.75, 3.05) is 24.6 Å².